The molecule has 0 aromatic carbocycles. The van der Waals surface area contributed by atoms with Gasteiger partial charge in [0.25, 0.3) is 0 Å². The van der Waals surface area contributed by atoms with Gasteiger partial charge in [0.1, 0.15) is 0 Å². The second-order valence-corrected chi connectivity index (χ2v) is 5.56. The zero-order chi connectivity index (χ0) is 11.9. The normalized spacial score (nSPS) is 29.1. The van der Waals surface area contributed by atoms with Gasteiger partial charge < -0.3 is 14.8 Å². The average Bonchev–Trinajstić information content (AvgIpc) is 2.41. The molecule has 1 N–H and O–H groups in total. The van der Waals surface area contributed by atoms with Gasteiger partial charge in [-0.05, 0) is 57.4 Å². The Morgan fingerprint density at radius 2 is 1.94 bits per heavy atom. The molecule has 3 nitrogen and oxygen atoms in total. The molecular formula is C14H27NO2. The number of ether oxygens (including phenoxy) is 2. The summed E-state index contributed by atoms with van der Waals surface area (Å²) in [6, 6.07) is 0.607. The van der Waals surface area contributed by atoms with E-state index >= 15 is 0 Å². The Morgan fingerprint density at radius 1 is 1.12 bits per heavy atom. The molecule has 0 aliphatic carbocycles. The van der Waals surface area contributed by atoms with Gasteiger partial charge in [-0.2, -0.15) is 0 Å². The fraction of sp³-hybridized carbons (Fsp3) is 1.00. The van der Waals surface area contributed by atoms with Crippen molar-refractivity contribution in [3.8, 4) is 0 Å². The second-order valence-electron chi connectivity index (χ2n) is 5.56. The summed E-state index contributed by atoms with van der Waals surface area (Å²) in [6.45, 7) is 7.32. The quantitative estimate of drug-likeness (QED) is 0.800. The van der Waals surface area contributed by atoms with Crippen molar-refractivity contribution >= 4 is 0 Å². The maximum atomic E-state index is 5.54. The Kier molecular flexibility index (Phi) is 5.75. The molecule has 0 radical (unpaired) electrons. The molecular weight excluding hydrogens is 214 g/mol. The maximum absolute atomic E-state index is 5.54. The zero-order valence-corrected chi connectivity index (χ0v) is 11.1. The topological polar surface area (TPSA) is 30.5 Å². The minimum absolute atomic E-state index is 0.607. The van der Waals surface area contributed by atoms with E-state index in [0.29, 0.717) is 6.04 Å². The Morgan fingerprint density at radius 3 is 2.65 bits per heavy atom. The standard InChI is InChI=1S/C14H27NO2/c1-12(14-3-2-8-17-11-14)15-7-4-13-5-9-16-10-6-13/h12-15H,2-11H2,1H3/t12-,14-/m0/s1. The summed E-state index contributed by atoms with van der Waals surface area (Å²) in [7, 11) is 0. The third-order valence-electron chi connectivity index (χ3n) is 4.26. The van der Waals surface area contributed by atoms with E-state index in [1.165, 1.54) is 32.1 Å². The third kappa shape index (κ3) is 4.57. The molecule has 100 valence electrons. The molecule has 3 heteroatoms. The van der Waals surface area contributed by atoms with Gasteiger partial charge in [-0.3, -0.25) is 0 Å². The van der Waals surface area contributed by atoms with Crippen LogP contribution < -0.4 is 5.32 Å². The predicted molar refractivity (Wildman–Crippen MR) is 69.2 cm³/mol. The van der Waals surface area contributed by atoms with Crippen LogP contribution in [0.15, 0.2) is 0 Å². The molecule has 0 spiro atoms. The smallest absolute Gasteiger partial charge is 0.0509 e. The van der Waals surface area contributed by atoms with Crippen molar-refractivity contribution in [3.05, 3.63) is 0 Å². The highest BCUT2D eigenvalue weighted by Gasteiger charge is 2.20. The van der Waals surface area contributed by atoms with E-state index < -0.39 is 0 Å². The van der Waals surface area contributed by atoms with Gasteiger partial charge in [0.05, 0.1) is 6.61 Å². The molecule has 17 heavy (non-hydrogen) atoms. The number of nitrogens with one attached hydrogen (secondary N) is 1. The molecule has 0 saturated carbocycles. The summed E-state index contributed by atoms with van der Waals surface area (Å²) in [4.78, 5) is 0. The second kappa shape index (κ2) is 7.34. The summed E-state index contributed by atoms with van der Waals surface area (Å²) >= 11 is 0. The Bertz CT molecular complexity index is 198. The predicted octanol–water partition coefficient (Wildman–Crippen LogP) is 2.21. The monoisotopic (exact) mass is 241 g/mol. The van der Waals surface area contributed by atoms with Gasteiger partial charge >= 0.3 is 0 Å². The van der Waals surface area contributed by atoms with Crippen molar-refractivity contribution in [2.75, 3.05) is 33.0 Å². The highest BCUT2D eigenvalue weighted by atomic mass is 16.5. The van der Waals surface area contributed by atoms with Crippen LogP contribution in [0, 0.1) is 11.8 Å². The largest absolute Gasteiger partial charge is 0.381 e. The van der Waals surface area contributed by atoms with Crippen LogP contribution in [0.2, 0.25) is 0 Å². The van der Waals surface area contributed by atoms with E-state index in [9.17, 15) is 0 Å². The Labute approximate surface area is 105 Å². The number of hydrogen-bond donors (Lipinski definition) is 1. The lowest BCUT2D eigenvalue weighted by molar-refractivity contribution is 0.0406. The van der Waals surface area contributed by atoms with Crippen LogP contribution >= 0.6 is 0 Å². The Balaban J connectivity index is 1.57. The van der Waals surface area contributed by atoms with Crippen molar-refractivity contribution in [1.82, 2.24) is 5.32 Å². The molecule has 2 saturated heterocycles. The first kappa shape index (κ1) is 13.3. The molecule has 2 aliphatic heterocycles. The van der Waals surface area contributed by atoms with E-state index in [1.807, 2.05) is 0 Å². The summed E-state index contributed by atoms with van der Waals surface area (Å²) in [5.41, 5.74) is 0. The van der Waals surface area contributed by atoms with Crippen LogP contribution in [0.4, 0.5) is 0 Å². The van der Waals surface area contributed by atoms with Crippen LogP contribution in [0.1, 0.15) is 39.0 Å². The van der Waals surface area contributed by atoms with Crippen molar-refractivity contribution < 1.29 is 9.47 Å². The number of rotatable bonds is 5. The summed E-state index contributed by atoms with van der Waals surface area (Å²) in [6.07, 6.45) is 6.37. The minimum atomic E-state index is 0.607. The lowest BCUT2D eigenvalue weighted by Crippen LogP contribution is -2.39. The molecule has 0 bridgehead atoms. The van der Waals surface area contributed by atoms with Crippen molar-refractivity contribution in [2.45, 2.75) is 45.1 Å². The molecule has 0 unspecified atom stereocenters. The molecule has 2 fully saturated rings. The first-order valence-electron chi connectivity index (χ1n) is 7.25. The van der Waals surface area contributed by atoms with Crippen LogP contribution in [-0.4, -0.2) is 39.0 Å². The van der Waals surface area contributed by atoms with Crippen LogP contribution in [-0.2, 0) is 9.47 Å². The highest BCUT2D eigenvalue weighted by molar-refractivity contribution is 4.75. The third-order valence-corrected chi connectivity index (χ3v) is 4.26. The van der Waals surface area contributed by atoms with Gasteiger partial charge in [-0.25, -0.2) is 0 Å². The molecule has 0 aromatic rings. The lowest BCUT2D eigenvalue weighted by atomic mass is 9.93. The zero-order valence-electron chi connectivity index (χ0n) is 11.1. The van der Waals surface area contributed by atoms with E-state index in [4.69, 9.17) is 9.47 Å². The van der Waals surface area contributed by atoms with E-state index in [-0.39, 0.29) is 0 Å². The van der Waals surface area contributed by atoms with E-state index in [2.05, 4.69) is 12.2 Å². The first-order valence-corrected chi connectivity index (χ1v) is 7.25. The molecule has 0 amide bonds. The maximum Gasteiger partial charge on any atom is 0.0509 e. The lowest BCUT2D eigenvalue weighted by Gasteiger charge is -2.29. The van der Waals surface area contributed by atoms with Gasteiger partial charge in [0, 0.05) is 25.9 Å². The van der Waals surface area contributed by atoms with Gasteiger partial charge in [0.2, 0.25) is 0 Å². The molecule has 2 heterocycles. The van der Waals surface area contributed by atoms with Crippen LogP contribution in [0.25, 0.3) is 0 Å². The van der Waals surface area contributed by atoms with E-state index in [1.54, 1.807) is 0 Å². The fourth-order valence-electron chi connectivity index (χ4n) is 2.88. The van der Waals surface area contributed by atoms with Crippen LogP contribution in [0.3, 0.4) is 0 Å². The minimum Gasteiger partial charge on any atom is -0.381 e. The molecule has 2 aliphatic rings. The van der Waals surface area contributed by atoms with Crippen molar-refractivity contribution in [2.24, 2.45) is 11.8 Å². The number of hydrogen-bond acceptors (Lipinski definition) is 3. The Hall–Kier alpha value is -0.120. The van der Waals surface area contributed by atoms with Crippen molar-refractivity contribution in [1.29, 1.82) is 0 Å². The van der Waals surface area contributed by atoms with Gasteiger partial charge in [-0.1, -0.05) is 0 Å². The van der Waals surface area contributed by atoms with Gasteiger partial charge in [0.15, 0.2) is 0 Å². The molecule has 0 aromatic heterocycles. The average molecular weight is 241 g/mol. The molecule has 2 rings (SSSR count). The summed E-state index contributed by atoms with van der Waals surface area (Å²) < 4.78 is 10.9. The molecule has 2 atom stereocenters. The van der Waals surface area contributed by atoms with E-state index in [0.717, 1.165) is 44.8 Å². The summed E-state index contributed by atoms with van der Waals surface area (Å²) in [5, 5.41) is 3.68. The van der Waals surface area contributed by atoms with Crippen molar-refractivity contribution in [3.63, 3.8) is 0 Å². The first-order chi connectivity index (χ1) is 8.36. The highest BCUT2D eigenvalue weighted by Crippen LogP contribution is 2.19. The van der Waals surface area contributed by atoms with Crippen LogP contribution in [0.5, 0.6) is 0 Å². The SMILES string of the molecule is C[C@H](NCCC1CCOCC1)[C@H]1CCCOC1. The summed E-state index contributed by atoms with van der Waals surface area (Å²) in [5.74, 6) is 1.60. The fourth-order valence-corrected chi connectivity index (χ4v) is 2.88. The van der Waals surface area contributed by atoms with Gasteiger partial charge in [-0.15, -0.1) is 0 Å².